The van der Waals surface area contributed by atoms with E-state index in [2.05, 4.69) is 28.6 Å². The normalized spacial score (nSPS) is 17.7. The summed E-state index contributed by atoms with van der Waals surface area (Å²) in [5.74, 6) is 0.166. The molecule has 1 N–H and O–H groups in total. The smallest absolute Gasteiger partial charge is 0.229 e. The lowest BCUT2D eigenvalue weighted by Gasteiger charge is -2.33. The van der Waals surface area contributed by atoms with Crippen LogP contribution in [0.25, 0.3) is 10.9 Å². The third kappa shape index (κ3) is 2.13. The summed E-state index contributed by atoms with van der Waals surface area (Å²) >= 11 is 1.80. The fraction of sp³-hybridized carbons (Fsp3) is 0.294. The highest BCUT2D eigenvalue weighted by Crippen LogP contribution is 2.33. The number of thiophene rings is 1. The molecule has 0 aliphatic carbocycles. The van der Waals surface area contributed by atoms with Gasteiger partial charge in [0.25, 0.3) is 0 Å². The summed E-state index contributed by atoms with van der Waals surface area (Å²) in [6.45, 7) is 2.92. The second kappa shape index (κ2) is 5.25. The van der Waals surface area contributed by atoms with Crippen LogP contribution >= 0.6 is 11.3 Å². The van der Waals surface area contributed by atoms with Gasteiger partial charge in [-0.25, -0.2) is 0 Å². The number of benzene rings is 1. The fourth-order valence-electron chi connectivity index (χ4n) is 3.25. The van der Waals surface area contributed by atoms with E-state index < -0.39 is 0 Å². The topological polar surface area (TPSA) is 49.0 Å². The van der Waals surface area contributed by atoms with Gasteiger partial charge in [0, 0.05) is 16.8 Å². The standard InChI is InChI=1S/C17H17N3OS/c1-11-12-7-9-22-16(12)6-8-20(11)17(21)10-15-13-4-2-3-5-14(13)18-19-15/h2-5,7,9,11H,6,8,10H2,1H3,(H,18,19)/t11-/m0/s1. The van der Waals surface area contributed by atoms with E-state index in [4.69, 9.17) is 0 Å². The predicted octanol–water partition coefficient (Wildman–Crippen LogP) is 3.31. The van der Waals surface area contributed by atoms with Crippen molar-refractivity contribution in [1.82, 2.24) is 15.1 Å². The lowest BCUT2D eigenvalue weighted by Crippen LogP contribution is -2.39. The zero-order valence-corrected chi connectivity index (χ0v) is 13.2. The molecule has 0 saturated heterocycles. The Morgan fingerprint density at radius 3 is 3.18 bits per heavy atom. The highest BCUT2D eigenvalue weighted by Gasteiger charge is 2.28. The van der Waals surface area contributed by atoms with Gasteiger partial charge in [-0.15, -0.1) is 11.3 Å². The zero-order chi connectivity index (χ0) is 15.1. The van der Waals surface area contributed by atoms with Crippen molar-refractivity contribution >= 4 is 28.1 Å². The molecule has 4 rings (SSSR count). The summed E-state index contributed by atoms with van der Waals surface area (Å²) in [5, 5.41) is 10.4. The SMILES string of the molecule is C[C@H]1c2ccsc2CCN1C(=O)Cc1[nH]nc2ccccc12. The number of aromatic nitrogens is 2. The van der Waals surface area contributed by atoms with Crippen molar-refractivity contribution in [2.75, 3.05) is 6.54 Å². The Morgan fingerprint density at radius 1 is 1.41 bits per heavy atom. The van der Waals surface area contributed by atoms with E-state index in [9.17, 15) is 4.79 Å². The molecule has 112 valence electrons. The van der Waals surface area contributed by atoms with Crippen LogP contribution in [0, 0.1) is 0 Å². The Balaban J connectivity index is 1.58. The van der Waals surface area contributed by atoms with Gasteiger partial charge in [-0.2, -0.15) is 5.10 Å². The van der Waals surface area contributed by atoms with Crippen molar-refractivity contribution in [2.24, 2.45) is 0 Å². The minimum atomic E-state index is 0.164. The summed E-state index contributed by atoms with van der Waals surface area (Å²) < 4.78 is 0. The molecule has 5 heteroatoms. The van der Waals surface area contributed by atoms with Gasteiger partial charge in [0.2, 0.25) is 5.91 Å². The van der Waals surface area contributed by atoms with Crippen LogP contribution in [0.15, 0.2) is 35.7 Å². The fourth-order valence-corrected chi connectivity index (χ4v) is 4.21. The first kappa shape index (κ1) is 13.5. The molecule has 0 radical (unpaired) electrons. The molecule has 22 heavy (non-hydrogen) atoms. The van der Waals surface area contributed by atoms with Crippen LogP contribution < -0.4 is 0 Å². The Kier molecular flexibility index (Phi) is 3.22. The Hall–Kier alpha value is -2.14. The summed E-state index contributed by atoms with van der Waals surface area (Å²) in [5.41, 5.74) is 3.13. The third-order valence-corrected chi connectivity index (χ3v) is 5.46. The Morgan fingerprint density at radius 2 is 2.27 bits per heavy atom. The number of nitrogens with one attached hydrogen (secondary N) is 1. The monoisotopic (exact) mass is 311 g/mol. The van der Waals surface area contributed by atoms with Gasteiger partial charge in [-0.3, -0.25) is 9.89 Å². The van der Waals surface area contributed by atoms with E-state index >= 15 is 0 Å². The summed E-state index contributed by atoms with van der Waals surface area (Å²) in [6, 6.07) is 10.2. The van der Waals surface area contributed by atoms with Gasteiger partial charge in [0.05, 0.1) is 23.7 Å². The molecule has 2 aromatic heterocycles. The van der Waals surface area contributed by atoms with Gasteiger partial charge in [-0.1, -0.05) is 18.2 Å². The third-order valence-electron chi connectivity index (χ3n) is 4.47. The van der Waals surface area contributed by atoms with Crippen LogP contribution in [0.2, 0.25) is 0 Å². The second-order valence-corrected chi connectivity index (χ2v) is 6.71. The zero-order valence-electron chi connectivity index (χ0n) is 12.4. The Bertz CT molecular complexity index is 835. The van der Waals surface area contributed by atoms with Crippen LogP contribution in [0.5, 0.6) is 0 Å². The maximum absolute atomic E-state index is 12.7. The number of hydrogen-bond acceptors (Lipinski definition) is 3. The van der Waals surface area contributed by atoms with Crippen molar-refractivity contribution in [2.45, 2.75) is 25.8 Å². The van der Waals surface area contributed by atoms with Gasteiger partial charge in [-0.05, 0) is 36.4 Å². The highest BCUT2D eigenvalue weighted by atomic mass is 32.1. The predicted molar refractivity (Wildman–Crippen MR) is 87.9 cm³/mol. The lowest BCUT2D eigenvalue weighted by molar-refractivity contribution is -0.133. The maximum atomic E-state index is 12.7. The van der Waals surface area contributed by atoms with Gasteiger partial charge < -0.3 is 4.90 Å². The molecule has 0 bridgehead atoms. The quantitative estimate of drug-likeness (QED) is 0.789. The number of rotatable bonds is 2. The van der Waals surface area contributed by atoms with E-state index in [1.54, 1.807) is 11.3 Å². The average molecular weight is 311 g/mol. The molecule has 4 nitrogen and oxygen atoms in total. The van der Waals surface area contributed by atoms with Crippen LogP contribution in [-0.4, -0.2) is 27.5 Å². The first-order valence-electron chi connectivity index (χ1n) is 7.52. The van der Waals surface area contributed by atoms with E-state index in [-0.39, 0.29) is 11.9 Å². The van der Waals surface area contributed by atoms with Gasteiger partial charge in [0.15, 0.2) is 0 Å². The second-order valence-electron chi connectivity index (χ2n) is 5.71. The lowest BCUT2D eigenvalue weighted by atomic mass is 10.0. The number of carbonyl (C=O) groups is 1. The molecule has 0 spiro atoms. The van der Waals surface area contributed by atoms with Gasteiger partial charge in [0.1, 0.15) is 0 Å². The van der Waals surface area contributed by atoms with Crippen molar-refractivity contribution in [3.63, 3.8) is 0 Å². The van der Waals surface area contributed by atoms with E-state index in [0.717, 1.165) is 29.6 Å². The van der Waals surface area contributed by atoms with Crippen LogP contribution in [0.1, 0.15) is 29.1 Å². The largest absolute Gasteiger partial charge is 0.335 e. The number of aromatic amines is 1. The van der Waals surface area contributed by atoms with Crippen molar-refractivity contribution in [3.05, 3.63) is 51.8 Å². The van der Waals surface area contributed by atoms with Crippen LogP contribution in [-0.2, 0) is 17.6 Å². The average Bonchev–Trinajstić information content (AvgIpc) is 3.15. The van der Waals surface area contributed by atoms with Crippen LogP contribution in [0.4, 0.5) is 0 Å². The van der Waals surface area contributed by atoms with Crippen LogP contribution in [0.3, 0.4) is 0 Å². The van der Waals surface area contributed by atoms with E-state index in [1.807, 2.05) is 29.2 Å². The number of hydrogen-bond donors (Lipinski definition) is 1. The van der Waals surface area contributed by atoms with Crippen molar-refractivity contribution in [3.8, 4) is 0 Å². The molecule has 0 saturated carbocycles. The molecule has 1 atom stereocenters. The molecule has 3 aromatic rings. The first-order valence-corrected chi connectivity index (χ1v) is 8.39. The number of carbonyl (C=O) groups excluding carboxylic acids is 1. The molecular weight excluding hydrogens is 294 g/mol. The number of fused-ring (bicyclic) bond motifs is 2. The molecule has 3 heterocycles. The Labute approximate surface area is 132 Å². The van der Waals surface area contributed by atoms with E-state index in [0.29, 0.717) is 6.42 Å². The molecule has 0 unspecified atom stereocenters. The number of H-pyrrole nitrogens is 1. The molecule has 1 aliphatic rings. The molecule has 1 aliphatic heterocycles. The maximum Gasteiger partial charge on any atom is 0.229 e. The van der Waals surface area contributed by atoms with Gasteiger partial charge >= 0.3 is 0 Å². The number of amides is 1. The summed E-state index contributed by atoms with van der Waals surface area (Å²) in [7, 11) is 0. The molecular formula is C17H17N3OS. The number of para-hydroxylation sites is 1. The first-order chi connectivity index (χ1) is 10.7. The number of nitrogens with zero attached hydrogens (tertiary/aromatic N) is 2. The van der Waals surface area contributed by atoms with E-state index in [1.165, 1.54) is 10.4 Å². The van der Waals surface area contributed by atoms with Crippen molar-refractivity contribution in [1.29, 1.82) is 0 Å². The summed E-state index contributed by atoms with van der Waals surface area (Å²) in [4.78, 5) is 16.1. The minimum Gasteiger partial charge on any atom is -0.335 e. The molecule has 0 fully saturated rings. The molecule has 1 aromatic carbocycles. The minimum absolute atomic E-state index is 0.164. The molecule has 1 amide bonds. The van der Waals surface area contributed by atoms with Crippen molar-refractivity contribution < 1.29 is 4.79 Å². The highest BCUT2D eigenvalue weighted by molar-refractivity contribution is 7.10. The summed E-state index contributed by atoms with van der Waals surface area (Å²) in [6.07, 6.45) is 1.34.